The average Bonchev–Trinajstić information content (AvgIpc) is 2.45. The Morgan fingerprint density at radius 2 is 1.35 bits per heavy atom. The van der Waals surface area contributed by atoms with Gasteiger partial charge in [-0.15, -0.1) is 12.4 Å². The van der Waals surface area contributed by atoms with E-state index >= 15 is 0 Å². The fraction of sp³-hybridized carbons (Fsp3) is 0.125. The zero-order valence-corrected chi connectivity index (χ0v) is 11.4. The van der Waals surface area contributed by atoms with Crippen molar-refractivity contribution in [1.82, 2.24) is 0 Å². The van der Waals surface area contributed by atoms with E-state index in [-0.39, 0.29) is 12.4 Å². The van der Waals surface area contributed by atoms with E-state index in [4.69, 9.17) is 5.73 Å². The van der Waals surface area contributed by atoms with Crippen LogP contribution in [-0.4, -0.2) is 6.43 Å². The molecule has 0 radical (unpaired) electrons. The lowest BCUT2D eigenvalue weighted by Gasteiger charge is -2.16. The molecule has 3 aromatic rings. The zero-order valence-electron chi connectivity index (χ0n) is 10.6. The van der Waals surface area contributed by atoms with Gasteiger partial charge in [-0.1, -0.05) is 48.5 Å². The van der Waals surface area contributed by atoms with Crippen molar-refractivity contribution in [1.29, 1.82) is 0 Å². The number of hydrogen-bond acceptors (Lipinski definition) is 1. The topological polar surface area (TPSA) is 26.0 Å². The normalized spacial score (nSPS) is 12.6. The summed E-state index contributed by atoms with van der Waals surface area (Å²) in [5.74, 6) is 0. The molecule has 0 aliphatic rings. The Morgan fingerprint density at radius 3 is 2.00 bits per heavy atom. The highest BCUT2D eigenvalue weighted by Gasteiger charge is 2.20. The second-order valence-corrected chi connectivity index (χ2v) is 4.59. The highest BCUT2D eigenvalue weighted by Crippen LogP contribution is 2.32. The molecular formula is C16H14ClF2N. The van der Waals surface area contributed by atoms with Gasteiger partial charge in [0.05, 0.1) is 6.04 Å². The largest absolute Gasteiger partial charge is 0.319 e. The molecule has 3 aromatic carbocycles. The third-order valence-electron chi connectivity index (χ3n) is 3.43. The van der Waals surface area contributed by atoms with Crippen LogP contribution in [0.25, 0.3) is 21.5 Å². The smallest absolute Gasteiger partial charge is 0.257 e. The SMILES string of the molecule is Cl.N[C@H](c1cc2ccccc2c2ccccc12)C(F)F. The molecule has 0 fully saturated rings. The number of hydrogen-bond donors (Lipinski definition) is 1. The summed E-state index contributed by atoms with van der Waals surface area (Å²) in [6.45, 7) is 0. The summed E-state index contributed by atoms with van der Waals surface area (Å²) in [6, 6.07) is 15.8. The molecule has 0 amide bonds. The lowest BCUT2D eigenvalue weighted by atomic mass is 9.94. The van der Waals surface area contributed by atoms with Gasteiger partial charge in [-0.25, -0.2) is 8.78 Å². The van der Waals surface area contributed by atoms with Gasteiger partial charge in [-0.05, 0) is 33.2 Å². The lowest BCUT2D eigenvalue weighted by molar-refractivity contribution is 0.117. The maximum atomic E-state index is 12.9. The molecule has 0 heterocycles. The van der Waals surface area contributed by atoms with Crippen LogP contribution in [-0.2, 0) is 0 Å². The zero-order chi connectivity index (χ0) is 13.4. The summed E-state index contributed by atoms with van der Waals surface area (Å²) >= 11 is 0. The van der Waals surface area contributed by atoms with E-state index in [0.717, 1.165) is 21.5 Å². The van der Waals surface area contributed by atoms with Crippen LogP contribution >= 0.6 is 12.4 Å². The predicted octanol–water partition coefficient (Wildman–Crippen LogP) is 4.68. The van der Waals surface area contributed by atoms with Gasteiger partial charge in [0.15, 0.2) is 0 Å². The molecule has 1 atom stereocenters. The Bertz CT molecular complexity index is 743. The molecular weight excluding hydrogens is 280 g/mol. The molecule has 3 rings (SSSR count). The fourth-order valence-corrected chi connectivity index (χ4v) is 2.49. The fourth-order valence-electron chi connectivity index (χ4n) is 2.49. The Balaban J connectivity index is 0.00000147. The minimum Gasteiger partial charge on any atom is -0.319 e. The van der Waals surface area contributed by atoms with Gasteiger partial charge in [0.1, 0.15) is 0 Å². The minimum atomic E-state index is -2.57. The number of halogens is 3. The van der Waals surface area contributed by atoms with E-state index in [9.17, 15) is 8.78 Å². The maximum Gasteiger partial charge on any atom is 0.257 e. The van der Waals surface area contributed by atoms with Crippen LogP contribution < -0.4 is 5.73 Å². The summed E-state index contributed by atoms with van der Waals surface area (Å²) in [4.78, 5) is 0. The summed E-state index contributed by atoms with van der Waals surface area (Å²) < 4.78 is 25.8. The minimum absolute atomic E-state index is 0. The van der Waals surface area contributed by atoms with Gasteiger partial charge >= 0.3 is 0 Å². The molecule has 0 bridgehead atoms. The molecule has 4 heteroatoms. The quantitative estimate of drug-likeness (QED) is 0.682. The number of nitrogens with two attached hydrogens (primary N) is 1. The predicted molar refractivity (Wildman–Crippen MR) is 81.6 cm³/mol. The monoisotopic (exact) mass is 293 g/mol. The number of alkyl halides is 2. The van der Waals surface area contributed by atoms with Crippen molar-refractivity contribution in [2.24, 2.45) is 5.73 Å². The van der Waals surface area contributed by atoms with Gasteiger partial charge in [0.2, 0.25) is 0 Å². The summed E-state index contributed by atoms with van der Waals surface area (Å²) in [5.41, 5.74) is 6.15. The van der Waals surface area contributed by atoms with E-state index < -0.39 is 12.5 Å². The molecule has 2 N–H and O–H groups in total. The third kappa shape index (κ3) is 2.35. The van der Waals surface area contributed by atoms with Gasteiger partial charge in [-0.2, -0.15) is 0 Å². The van der Waals surface area contributed by atoms with Crippen LogP contribution in [0.5, 0.6) is 0 Å². The van der Waals surface area contributed by atoms with Crippen LogP contribution in [0.4, 0.5) is 8.78 Å². The second-order valence-electron chi connectivity index (χ2n) is 4.59. The van der Waals surface area contributed by atoms with Gasteiger partial charge < -0.3 is 5.73 Å². The first kappa shape index (κ1) is 14.7. The molecule has 0 unspecified atom stereocenters. The van der Waals surface area contributed by atoms with E-state index in [0.29, 0.717) is 5.56 Å². The molecule has 0 saturated heterocycles. The van der Waals surface area contributed by atoms with E-state index in [2.05, 4.69) is 0 Å². The first-order chi connectivity index (χ1) is 9.18. The van der Waals surface area contributed by atoms with Crippen LogP contribution in [0.3, 0.4) is 0 Å². The van der Waals surface area contributed by atoms with E-state index in [1.165, 1.54) is 0 Å². The van der Waals surface area contributed by atoms with Crippen molar-refractivity contribution in [3.8, 4) is 0 Å². The molecule has 104 valence electrons. The van der Waals surface area contributed by atoms with Crippen molar-refractivity contribution in [3.63, 3.8) is 0 Å². The molecule has 0 spiro atoms. The molecule has 1 nitrogen and oxygen atoms in total. The molecule has 0 aromatic heterocycles. The first-order valence-electron chi connectivity index (χ1n) is 6.12. The van der Waals surface area contributed by atoms with Crippen LogP contribution in [0.1, 0.15) is 11.6 Å². The number of rotatable bonds is 2. The Morgan fingerprint density at radius 1 is 0.800 bits per heavy atom. The Hall–Kier alpha value is -1.71. The van der Waals surface area contributed by atoms with Gasteiger partial charge in [0, 0.05) is 0 Å². The third-order valence-corrected chi connectivity index (χ3v) is 3.43. The van der Waals surface area contributed by atoms with Gasteiger partial charge in [0.25, 0.3) is 6.43 Å². The Kier molecular flexibility index (Phi) is 4.21. The maximum absolute atomic E-state index is 12.9. The Labute approximate surface area is 121 Å². The molecule has 0 aliphatic carbocycles. The first-order valence-corrected chi connectivity index (χ1v) is 6.12. The standard InChI is InChI=1S/C16H13F2N.ClH/c17-16(18)15(19)14-9-10-5-1-2-6-11(10)12-7-3-4-8-13(12)14;/h1-9,15-16H,19H2;1H/t15-;/m1./s1. The van der Waals surface area contributed by atoms with Gasteiger partial charge in [-0.3, -0.25) is 0 Å². The van der Waals surface area contributed by atoms with Crippen molar-refractivity contribution in [3.05, 3.63) is 60.2 Å². The molecule has 0 aliphatic heterocycles. The second kappa shape index (κ2) is 5.73. The van der Waals surface area contributed by atoms with Crippen molar-refractivity contribution >= 4 is 34.0 Å². The van der Waals surface area contributed by atoms with E-state index in [1.807, 2.05) is 48.5 Å². The van der Waals surface area contributed by atoms with Crippen molar-refractivity contribution in [2.45, 2.75) is 12.5 Å². The highest BCUT2D eigenvalue weighted by molar-refractivity contribution is 6.09. The lowest BCUT2D eigenvalue weighted by Crippen LogP contribution is -2.19. The highest BCUT2D eigenvalue weighted by atomic mass is 35.5. The number of fused-ring (bicyclic) bond motifs is 3. The van der Waals surface area contributed by atoms with Crippen LogP contribution in [0, 0.1) is 0 Å². The van der Waals surface area contributed by atoms with E-state index in [1.54, 1.807) is 6.07 Å². The summed E-state index contributed by atoms with van der Waals surface area (Å²) in [5, 5.41) is 3.76. The van der Waals surface area contributed by atoms with Crippen molar-refractivity contribution in [2.75, 3.05) is 0 Å². The van der Waals surface area contributed by atoms with Crippen molar-refractivity contribution < 1.29 is 8.78 Å². The van der Waals surface area contributed by atoms with Crippen LogP contribution in [0.15, 0.2) is 54.6 Å². The molecule has 0 saturated carbocycles. The molecule has 20 heavy (non-hydrogen) atoms. The number of benzene rings is 3. The summed E-state index contributed by atoms with van der Waals surface area (Å²) in [6.07, 6.45) is -2.57. The summed E-state index contributed by atoms with van der Waals surface area (Å²) in [7, 11) is 0. The average molecular weight is 294 g/mol. The van der Waals surface area contributed by atoms with Crippen LogP contribution in [0.2, 0.25) is 0 Å².